The molecule has 100 valence electrons. The first-order chi connectivity index (χ1) is 9.25. The molecule has 19 heavy (non-hydrogen) atoms. The van der Waals surface area contributed by atoms with Gasteiger partial charge in [0, 0.05) is 19.6 Å². The van der Waals surface area contributed by atoms with E-state index in [4.69, 9.17) is 5.73 Å². The number of nitrogens with one attached hydrogen (secondary N) is 2. The summed E-state index contributed by atoms with van der Waals surface area (Å²) >= 11 is 0. The molecule has 0 aliphatic rings. The summed E-state index contributed by atoms with van der Waals surface area (Å²) in [4.78, 5) is 12.0. The molecule has 1 aromatic carbocycles. The number of nitrogens with zero attached hydrogens (tertiary/aromatic N) is 3. The van der Waals surface area contributed by atoms with Crippen LogP contribution in [0.3, 0.4) is 0 Å². The molecule has 0 spiro atoms. The van der Waals surface area contributed by atoms with E-state index in [2.05, 4.69) is 20.8 Å². The van der Waals surface area contributed by atoms with Gasteiger partial charge in [0.25, 0.3) is 0 Å². The number of hydrogen-bond donors (Lipinski definition) is 3. The van der Waals surface area contributed by atoms with Gasteiger partial charge < -0.3 is 16.4 Å². The minimum Gasteiger partial charge on any atom is -0.352 e. The fourth-order valence-electron chi connectivity index (χ4n) is 1.55. The third-order valence-electron chi connectivity index (χ3n) is 2.43. The summed E-state index contributed by atoms with van der Waals surface area (Å²) in [7, 11) is 0. The summed E-state index contributed by atoms with van der Waals surface area (Å²) < 4.78 is 0. The molecule has 0 unspecified atom stereocenters. The Balaban J connectivity index is 1.80. The smallest absolute Gasteiger partial charge is 0.312 e. The van der Waals surface area contributed by atoms with Gasteiger partial charge in [-0.25, -0.2) is 4.79 Å². The van der Waals surface area contributed by atoms with E-state index in [-0.39, 0.29) is 0 Å². The molecule has 2 rings (SSSR count). The molecule has 1 aromatic heterocycles. The lowest BCUT2D eigenvalue weighted by molar-refractivity contribution is 0.249. The standard InChI is InChI=1S/C12H16N6O/c13-12(19)15-7-6-14-8-10-9-16-18(17-10)11-4-2-1-3-5-11/h1-5,9,14H,6-8H2,(H3,13,15,19). The van der Waals surface area contributed by atoms with Crippen molar-refractivity contribution in [2.45, 2.75) is 6.54 Å². The third-order valence-corrected chi connectivity index (χ3v) is 2.43. The average Bonchev–Trinajstić information content (AvgIpc) is 2.88. The number of carbonyl (C=O) groups excluding carboxylic acids is 1. The Hall–Kier alpha value is -2.41. The third kappa shape index (κ3) is 4.07. The van der Waals surface area contributed by atoms with Crippen molar-refractivity contribution in [1.82, 2.24) is 25.6 Å². The first kappa shape index (κ1) is 13.0. The topological polar surface area (TPSA) is 97.9 Å². The van der Waals surface area contributed by atoms with Crippen LogP contribution < -0.4 is 16.4 Å². The highest BCUT2D eigenvalue weighted by Crippen LogP contribution is 2.03. The van der Waals surface area contributed by atoms with Gasteiger partial charge in [0.1, 0.15) is 0 Å². The highest BCUT2D eigenvalue weighted by molar-refractivity contribution is 5.71. The Morgan fingerprint density at radius 1 is 1.26 bits per heavy atom. The predicted octanol–water partition coefficient (Wildman–Crippen LogP) is 0.0252. The second-order valence-corrected chi connectivity index (χ2v) is 3.93. The van der Waals surface area contributed by atoms with Crippen LogP contribution in [0.25, 0.3) is 5.69 Å². The lowest BCUT2D eigenvalue weighted by atomic mass is 10.3. The number of benzene rings is 1. The van der Waals surface area contributed by atoms with Crippen LogP contribution in [0.5, 0.6) is 0 Å². The Kier molecular flexibility index (Phi) is 4.46. The Bertz CT molecular complexity index is 524. The molecule has 2 amide bonds. The van der Waals surface area contributed by atoms with E-state index in [1.54, 1.807) is 11.0 Å². The summed E-state index contributed by atoms with van der Waals surface area (Å²) in [5.74, 6) is 0. The number of nitrogens with two attached hydrogens (primary N) is 1. The van der Waals surface area contributed by atoms with E-state index in [0.717, 1.165) is 11.4 Å². The fraction of sp³-hybridized carbons (Fsp3) is 0.250. The van der Waals surface area contributed by atoms with Crippen molar-refractivity contribution in [3.8, 4) is 5.69 Å². The Morgan fingerprint density at radius 3 is 2.79 bits per heavy atom. The van der Waals surface area contributed by atoms with Gasteiger partial charge in [-0.2, -0.15) is 15.0 Å². The van der Waals surface area contributed by atoms with Crippen LogP contribution in [0, 0.1) is 0 Å². The van der Waals surface area contributed by atoms with Crippen LogP contribution in [0.4, 0.5) is 4.79 Å². The summed E-state index contributed by atoms with van der Waals surface area (Å²) in [5.41, 5.74) is 6.71. The van der Waals surface area contributed by atoms with E-state index >= 15 is 0 Å². The van der Waals surface area contributed by atoms with Crippen molar-refractivity contribution >= 4 is 6.03 Å². The molecule has 0 fully saturated rings. The highest BCUT2D eigenvalue weighted by Gasteiger charge is 2.01. The number of rotatable bonds is 6. The van der Waals surface area contributed by atoms with Crippen LogP contribution in [0.1, 0.15) is 5.69 Å². The molecule has 7 nitrogen and oxygen atoms in total. The second kappa shape index (κ2) is 6.50. The molecular weight excluding hydrogens is 244 g/mol. The van der Waals surface area contributed by atoms with E-state index in [9.17, 15) is 4.79 Å². The fourth-order valence-corrected chi connectivity index (χ4v) is 1.55. The SMILES string of the molecule is NC(=O)NCCNCc1cnn(-c2ccccc2)n1. The van der Waals surface area contributed by atoms with E-state index in [0.29, 0.717) is 19.6 Å². The average molecular weight is 260 g/mol. The summed E-state index contributed by atoms with van der Waals surface area (Å²) in [5, 5.41) is 14.2. The van der Waals surface area contributed by atoms with Crippen molar-refractivity contribution in [3.63, 3.8) is 0 Å². The van der Waals surface area contributed by atoms with Gasteiger partial charge in [-0.3, -0.25) is 0 Å². The van der Waals surface area contributed by atoms with E-state index < -0.39 is 6.03 Å². The summed E-state index contributed by atoms with van der Waals surface area (Å²) in [6.07, 6.45) is 1.71. The van der Waals surface area contributed by atoms with Gasteiger partial charge in [-0.05, 0) is 12.1 Å². The molecule has 0 bridgehead atoms. The van der Waals surface area contributed by atoms with Gasteiger partial charge in [0.15, 0.2) is 0 Å². The zero-order chi connectivity index (χ0) is 13.5. The minimum atomic E-state index is -0.517. The monoisotopic (exact) mass is 260 g/mol. The van der Waals surface area contributed by atoms with Crippen molar-refractivity contribution in [2.24, 2.45) is 5.73 Å². The largest absolute Gasteiger partial charge is 0.352 e. The number of carbonyl (C=O) groups is 1. The minimum absolute atomic E-state index is 0.488. The maximum Gasteiger partial charge on any atom is 0.312 e. The number of hydrogen-bond acceptors (Lipinski definition) is 4. The number of urea groups is 1. The zero-order valence-electron chi connectivity index (χ0n) is 10.4. The first-order valence-corrected chi connectivity index (χ1v) is 5.96. The zero-order valence-corrected chi connectivity index (χ0v) is 10.4. The maximum atomic E-state index is 10.5. The molecule has 0 aliphatic heterocycles. The quantitative estimate of drug-likeness (QED) is 0.638. The normalized spacial score (nSPS) is 10.3. The molecule has 1 heterocycles. The van der Waals surface area contributed by atoms with E-state index in [1.165, 1.54) is 0 Å². The van der Waals surface area contributed by atoms with E-state index in [1.807, 2.05) is 30.3 Å². The first-order valence-electron chi connectivity index (χ1n) is 5.96. The number of primary amides is 1. The molecule has 0 aliphatic carbocycles. The molecule has 0 saturated carbocycles. The van der Waals surface area contributed by atoms with Gasteiger partial charge in [-0.15, -0.1) is 0 Å². The van der Waals surface area contributed by atoms with Crippen molar-refractivity contribution in [1.29, 1.82) is 0 Å². The Morgan fingerprint density at radius 2 is 2.05 bits per heavy atom. The van der Waals surface area contributed by atoms with Gasteiger partial charge in [-0.1, -0.05) is 18.2 Å². The van der Waals surface area contributed by atoms with Crippen LogP contribution in [0.2, 0.25) is 0 Å². The van der Waals surface area contributed by atoms with Gasteiger partial charge in [0.2, 0.25) is 0 Å². The summed E-state index contributed by atoms with van der Waals surface area (Å²) in [6.45, 7) is 1.70. The van der Waals surface area contributed by atoms with Crippen molar-refractivity contribution in [3.05, 3.63) is 42.2 Å². The number of para-hydroxylation sites is 1. The molecule has 0 radical (unpaired) electrons. The van der Waals surface area contributed by atoms with Crippen LogP contribution in [0.15, 0.2) is 36.5 Å². The molecule has 7 heteroatoms. The second-order valence-electron chi connectivity index (χ2n) is 3.93. The predicted molar refractivity (Wildman–Crippen MR) is 70.7 cm³/mol. The molecule has 0 saturated heterocycles. The number of amides is 2. The van der Waals surface area contributed by atoms with Crippen LogP contribution in [-0.4, -0.2) is 34.1 Å². The van der Waals surface area contributed by atoms with Gasteiger partial charge >= 0.3 is 6.03 Å². The van der Waals surface area contributed by atoms with Crippen LogP contribution in [-0.2, 0) is 6.54 Å². The lowest BCUT2D eigenvalue weighted by Gasteiger charge is -2.02. The molecule has 0 atom stereocenters. The lowest BCUT2D eigenvalue weighted by Crippen LogP contribution is -2.35. The molecule has 2 aromatic rings. The van der Waals surface area contributed by atoms with Crippen molar-refractivity contribution < 1.29 is 4.79 Å². The van der Waals surface area contributed by atoms with Crippen molar-refractivity contribution in [2.75, 3.05) is 13.1 Å². The summed E-state index contributed by atoms with van der Waals surface area (Å²) in [6, 6.07) is 9.18. The van der Waals surface area contributed by atoms with Crippen LogP contribution >= 0.6 is 0 Å². The van der Waals surface area contributed by atoms with Gasteiger partial charge in [0.05, 0.1) is 17.6 Å². The molecular formula is C12H16N6O. The highest BCUT2D eigenvalue weighted by atomic mass is 16.2. The Labute approximate surface area is 110 Å². The maximum absolute atomic E-state index is 10.5. The number of aromatic nitrogens is 3. The molecule has 4 N–H and O–H groups in total.